The van der Waals surface area contributed by atoms with E-state index in [-0.39, 0.29) is 13.2 Å². The lowest BCUT2D eigenvalue weighted by atomic mass is 9.99. The topological polar surface area (TPSA) is 168 Å². The zero-order chi connectivity index (χ0) is 17.1. The van der Waals surface area contributed by atoms with E-state index in [1.165, 1.54) is 0 Å². The Hall–Kier alpha value is -1.01. The van der Waals surface area contributed by atoms with Crippen LogP contribution in [0.1, 0.15) is 0 Å². The number of ether oxygens (including phenoxy) is 4. The normalized spacial score (nSPS) is 30.9. The van der Waals surface area contributed by atoms with Gasteiger partial charge in [0.15, 0.2) is 6.29 Å². The largest absolute Gasteiger partial charge is 0.394 e. The molecule has 11 nitrogen and oxygen atoms in total. The molecule has 0 amide bonds. The molecule has 1 aliphatic rings. The number of rotatable bonds is 11. The van der Waals surface area contributed by atoms with Gasteiger partial charge in [-0.2, -0.15) is 0 Å². The standard InChI is InChI=1S/C12H24N3O8/c13-15-14-1-2-20-3-4-21-5-6-22-12-11(19)10(18)9(17)8(7-16)23-12/h8-13,16-19H,1-7H2/q+1. The van der Waals surface area contributed by atoms with Crippen LogP contribution < -0.4 is 4.91 Å². The molecule has 5 unspecified atom stereocenters. The van der Waals surface area contributed by atoms with Crippen molar-refractivity contribution in [3.05, 3.63) is 0 Å². The van der Waals surface area contributed by atoms with Crippen LogP contribution in [0, 0.1) is 5.53 Å². The fourth-order valence-corrected chi connectivity index (χ4v) is 1.91. The molecule has 5 N–H and O–H groups in total. The van der Waals surface area contributed by atoms with Gasteiger partial charge in [-0.15, -0.1) is 0 Å². The number of aliphatic hydroxyl groups is 4. The van der Waals surface area contributed by atoms with Gasteiger partial charge in [0, 0.05) is 0 Å². The molecule has 1 aliphatic heterocycles. The molecule has 1 rings (SSSR count). The van der Waals surface area contributed by atoms with Crippen molar-refractivity contribution in [3.8, 4) is 0 Å². The molecule has 0 bridgehead atoms. The van der Waals surface area contributed by atoms with Gasteiger partial charge in [0.05, 0.1) is 39.6 Å². The summed E-state index contributed by atoms with van der Waals surface area (Å²) >= 11 is 0. The first-order valence-corrected chi connectivity index (χ1v) is 7.22. The van der Waals surface area contributed by atoms with E-state index in [2.05, 4.69) is 10.0 Å². The third-order valence-electron chi connectivity index (χ3n) is 3.14. The molecule has 1 fully saturated rings. The molecular weight excluding hydrogens is 314 g/mol. The van der Waals surface area contributed by atoms with Gasteiger partial charge in [0.2, 0.25) is 4.91 Å². The van der Waals surface area contributed by atoms with Gasteiger partial charge in [0.1, 0.15) is 41.6 Å². The van der Waals surface area contributed by atoms with Crippen molar-refractivity contribution in [1.29, 1.82) is 5.53 Å². The summed E-state index contributed by atoms with van der Waals surface area (Å²) in [6, 6.07) is 0. The molecule has 23 heavy (non-hydrogen) atoms. The summed E-state index contributed by atoms with van der Waals surface area (Å²) in [5, 5.41) is 41.4. The van der Waals surface area contributed by atoms with Crippen LogP contribution in [0.3, 0.4) is 0 Å². The Morgan fingerprint density at radius 3 is 2.26 bits per heavy atom. The molecule has 0 saturated carbocycles. The monoisotopic (exact) mass is 338 g/mol. The van der Waals surface area contributed by atoms with Crippen molar-refractivity contribution in [1.82, 2.24) is 4.91 Å². The second-order valence-electron chi connectivity index (χ2n) is 4.76. The van der Waals surface area contributed by atoms with E-state index in [4.69, 9.17) is 29.6 Å². The van der Waals surface area contributed by atoms with Crippen molar-refractivity contribution < 1.29 is 39.4 Å². The summed E-state index contributed by atoms with van der Waals surface area (Å²) in [5.41, 5.74) is 6.43. The van der Waals surface area contributed by atoms with Crippen molar-refractivity contribution in [2.75, 3.05) is 46.2 Å². The third-order valence-corrected chi connectivity index (χ3v) is 3.14. The quantitative estimate of drug-likeness (QED) is 0.155. The Balaban J connectivity index is 2.09. The van der Waals surface area contributed by atoms with Gasteiger partial charge in [-0.05, 0) is 0 Å². The number of nitrogens with one attached hydrogen (secondary N) is 1. The van der Waals surface area contributed by atoms with Crippen LogP contribution >= 0.6 is 0 Å². The molecule has 0 spiro atoms. The highest BCUT2D eigenvalue weighted by atomic mass is 16.7. The Bertz CT molecular complexity index is 366. The molecule has 0 aromatic carbocycles. The minimum Gasteiger partial charge on any atom is -0.394 e. The molecule has 1 saturated heterocycles. The third kappa shape index (κ3) is 6.96. The maximum atomic E-state index is 9.73. The summed E-state index contributed by atoms with van der Waals surface area (Å²) in [6.45, 7) is 1.17. The highest BCUT2D eigenvalue weighted by Gasteiger charge is 2.43. The van der Waals surface area contributed by atoms with E-state index in [0.717, 1.165) is 0 Å². The SMILES string of the molecule is N=[N+]=NCCOCCOCCOC1OC(CO)C(O)C(O)C1O. The highest BCUT2D eigenvalue weighted by molar-refractivity contribution is 4.88. The lowest BCUT2D eigenvalue weighted by Gasteiger charge is -2.39. The van der Waals surface area contributed by atoms with Crippen molar-refractivity contribution >= 4 is 0 Å². The molecule has 1 heterocycles. The van der Waals surface area contributed by atoms with Gasteiger partial charge in [-0.1, -0.05) is 0 Å². The summed E-state index contributed by atoms with van der Waals surface area (Å²) in [5.74, 6) is 0. The molecule has 0 aliphatic carbocycles. The maximum Gasteiger partial charge on any atom is 0.214 e. The lowest BCUT2D eigenvalue weighted by molar-refractivity contribution is -0.302. The summed E-state index contributed by atoms with van der Waals surface area (Å²) in [7, 11) is 0. The average molecular weight is 338 g/mol. The molecule has 11 heteroatoms. The Kier molecular flexibility index (Phi) is 10.0. The maximum absolute atomic E-state index is 9.73. The van der Waals surface area contributed by atoms with Gasteiger partial charge >= 0.3 is 0 Å². The van der Waals surface area contributed by atoms with Crippen LogP contribution in [0.25, 0.3) is 0 Å². The number of hydrogen-bond donors (Lipinski definition) is 5. The van der Waals surface area contributed by atoms with E-state index in [1.54, 1.807) is 0 Å². The molecular formula is C12H24N3O8+. The predicted molar refractivity (Wildman–Crippen MR) is 73.5 cm³/mol. The van der Waals surface area contributed by atoms with Crippen LogP contribution in [0.4, 0.5) is 0 Å². The second-order valence-corrected chi connectivity index (χ2v) is 4.76. The lowest BCUT2D eigenvalue weighted by Crippen LogP contribution is -2.59. The van der Waals surface area contributed by atoms with Gasteiger partial charge in [-0.25, -0.2) is 0 Å². The molecule has 0 aromatic heterocycles. The summed E-state index contributed by atoms with van der Waals surface area (Å²) in [4.78, 5) is 2.83. The van der Waals surface area contributed by atoms with E-state index in [9.17, 15) is 15.3 Å². The smallest absolute Gasteiger partial charge is 0.214 e. The highest BCUT2D eigenvalue weighted by Crippen LogP contribution is 2.21. The van der Waals surface area contributed by atoms with Crippen molar-refractivity contribution in [2.24, 2.45) is 5.11 Å². The van der Waals surface area contributed by atoms with E-state index in [1.807, 2.05) is 0 Å². The second kappa shape index (κ2) is 11.5. The van der Waals surface area contributed by atoms with E-state index in [0.29, 0.717) is 26.4 Å². The first-order chi connectivity index (χ1) is 11.1. The predicted octanol–water partition coefficient (Wildman–Crippen LogP) is -2.61. The average Bonchev–Trinajstić information content (AvgIpc) is 2.56. The first-order valence-electron chi connectivity index (χ1n) is 7.22. The molecule has 134 valence electrons. The van der Waals surface area contributed by atoms with Crippen LogP contribution in [0.2, 0.25) is 0 Å². The minimum absolute atomic E-state index is 0.0930. The van der Waals surface area contributed by atoms with Crippen molar-refractivity contribution in [2.45, 2.75) is 30.7 Å². The number of aliphatic hydroxyl groups excluding tert-OH is 4. The number of hydrogen-bond acceptors (Lipinski definition) is 10. The van der Waals surface area contributed by atoms with Crippen LogP contribution in [-0.2, 0) is 18.9 Å². The molecule has 0 aromatic rings. The number of nitrogens with zero attached hydrogens (tertiary/aromatic N) is 2. The van der Waals surface area contributed by atoms with Gasteiger partial charge in [0.25, 0.3) is 0 Å². The fraction of sp³-hybridized carbons (Fsp3) is 1.00. The Morgan fingerprint density at radius 1 is 0.957 bits per heavy atom. The van der Waals surface area contributed by atoms with Crippen LogP contribution in [0.5, 0.6) is 0 Å². The van der Waals surface area contributed by atoms with Crippen molar-refractivity contribution in [3.63, 3.8) is 0 Å². The van der Waals surface area contributed by atoms with Crippen LogP contribution in [0.15, 0.2) is 5.11 Å². The molecule has 0 radical (unpaired) electrons. The Labute approximate surface area is 133 Å². The minimum atomic E-state index is -1.46. The summed E-state index contributed by atoms with van der Waals surface area (Å²) < 4.78 is 20.8. The van der Waals surface area contributed by atoms with Gasteiger partial charge < -0.3 is 39.4 Å². The summed E-state index contributed by atoms with van der Waals surface area (Å²) in [6.07, 6.45) is -6.42. The van der Waals surface area contributed by atoms with Crippen LogP contribution in [-0.4, -0.2) is 97.3 Å². The first kappa shape index (κ1) is 20.0. The Morgan fingerprint density at radius 2 is 1.61 bits per heavy atom. The zero-order valence-corrected chi connectivity index (χ0v) is 12.7. The van der Waals surface area contributed by atoms with Gasteiger partial charge in [-0.3, -0.25) is 0 Å². The van der Waals surface area contributed by atoms with E-state index >= 15 is 0 Å². The molecule has 5 atom stereocenters. The van der Waals surface area contributed by atoms with E-state index < -0.39 is 37.3 Å². The zero-order valence-electron chi connectivity index (χ0n) is 12.7. The fourth-order valence-electron chi connectivity index (χ4n) is 1.91.